The van der Waals surface area contributed by atoms with Crippen LogP contribution < -0.4 is 11.1 Å². The van der Waals surface area contributed by atoms with E-state index in [1.54, 1.807) is 31.2 Å². The van der Waals surface area contributed by atoms with E-state index in [-0.39, 0.29) is 23.9 Å². The lowest BCUT2D eigenvalue weighted by atomic mass is 10.1. The van der Waals surface area contributed by atoms with Gasteiger partial charge in [-0.2, -0.15) is 5.10 Å². The Morgan fingerprint density at radius 2 is 1.75 bits per heavy atom. The lowest BCUT2D eigenvalue weighted by Gasteiger charge is -2.14. The number of carbonyl (C=O) groups is 2. The molecule has 5 rings (SSSR count). The number of hydrogen-bond acceptors (Lipinski definition) is 6. The zero-order chi connectivity index (χ0) is 25.1. The average molecular weight is 482 g/mol. The first-order chi connectivity index (χ1) is 17.5. The topological polar surface area (TPSA) is 102 Å². The molecule has 0 spiro atoms. The molecule has 0 unspecified atom stereocenters. The number of amides is 1. The van der Waals surface area contributed by atoms with Gasteiger partial charge in [-0.05, 0) is 60.0 Å². The van der Waals surface area contributed by atoms with Gasteiger partial charge in [0.1, 0.15) is 11.4 Å². The third-order valence-electron chi connectivity index (χ3n) is 6.18. The number of aromatic nitrogens is 2. The Morgan fingerprint density at radius 3 is 2.50 bits per heavy atom. The lowest BCUT2D eigenvalue weighted by molar-refractivity contribution is 0.0527. The summed E-state index contributed by atoms with van der Waals surface area (Å²) in [5, 5.41) is 7.17. The van der Waals surface area contributed by atoms with Gasteiger partial charge >= 0.3 is 5.97 Å². The minimum atomic E-state index is -0.519. The molecule has 1 amide bonds. The third kappa shape index (κ3) is 4.85. The summed E-state index contributed by atoms with van der Waals surface area (Å²) in [5.74, 6) is -0.541. The molecule has 0 saturated heterocycles. The minimum absolute atomic E-state index is 0.185. The highest BCUT2D eigenvalue weighted by atomic mass is 16.5. The van der Waals surface area contributed by atoms with Gasteiger partial charge in [0.15, 0.2) is 0 Å². The second-order valence-corrected chi connectivity index (χ2v) is 8.69. The number of nitrogens with one attached hydrogen (secondary N) is 1. The van der Waals surface area contributed by atoms with Crippen LogP contribution in [0.2, 0.25) is 0 Å². The van der Waals surface area contributed by atoms with Crippen molar-refractivity contribution in [1.82, 2.24) is 14.7 Å². The van der Waals surface area contributed by atoms with E-state index in [2.05, 4.69) is 45.6 Å². The summed E-state index contributed by atoms with van der Waals surface area (Å²) in [6.07, 6.45) is 1.38. The number of nitrogen functional groups attached to an aromatic ring is 1. The maximum absolute atomic E-state index is 12.9. The zero-order valence-electron chi connectivity index (χ0n) is 20.0. The smallest absolute Gasteiger partial charge is 0.343 e. The predicted molar refractivity (Wildman–Crippen MR) is 138 cm³/mol. The molecule has 0 radical (unpaired) electrons. The van der Waals surface area contributed by atoms with Crippen LogP contribution >= 0.6 is 0 Å². The largest absolute Gasteiger partial charge is 0.462 e. The van der Waals surface area contributed by atoms with Crippen LogP contribution in [0.4, 0.5) is 11.5 Å². The number of esters is 1. The van der Waals surface area contributed by atoms with Crippen LogP contribution in [0.25, 0.3) is 5.69 Å². The van der Waals surface area contributed by atoms with Gasteiger partial charge in [-0.3, -0.25) is 9.69 Å². The second kappa shape index (κ2) is 10.1. The SMILES string of the molecule is CCOC(=O)c1cnn(-c2ccc(C(=O)Nc3ccc4c(c3)CN(Cc3ccccc3)C4)cc2)c1N. The van der Waals surface area contributed by atoms with Gasteiger partial charge in [0.25, 0.3) is 5.91 Å². The molecule has 1 aromatic heterocycles. The third-order valence-corrected chi connectivity index (χ3v) is 6.18. The standard InChI is InChI=1S/C28H27N5O3/c1-2-36-28(35)25-15-30-33(26(25)29)24-12-9-20(10-13-24)27(34)31-23-11-8-21-17-32(18-22(21)14-23)16-19-6-4-3-5-7-19/h3-15H,2,16-18,29H2,1H3,(H,31,34). The molecular weight excluding hydrogens is 454 g/mol. The molecule has 3 N–H and O–H groups in total. The van der Waals surface area contributed by atoms with E-state index in [0.717, 1.165) is 25.3 Å². The quantitative estimate of drug-likeness (QED) is 0.380. The van der Waals surface area contributed by atoms with Crippen molar-refractivity contribution in [3.8, 4) is 5.69 Å². The van der Waals surface area contributed by atoms with E-state index in [0.29, 0.717) is 11.3 Å². The van der Waals surface area contributed by atoms with Crippen molar-refractivity contribution in [2.24, 2.45) is 0 Å². The molecule has 1 aliphatic heterocycles. The molecule has 182 valence electrons. The fraction of sp³-hybridized carbons (Fsp3) is 0.179. The predicted octanol–water partition coefficient (Wildman–Crippen LogP) is 4.40. The van der Waals surface area contributed by atoms with Crippen molar-refractivity contribution in [3.63, 3.8) is 0 Å². The molecule has 0 fully saturated rings. The molecule has 36 heavy (non-hydrogen) atoms. The summed E-state index contributed by atoms with van der Waals surface area (Å²) in [5.41, 5.74) is 12.0. The number of ether oxygens (including phenoxy) is 1. The van der Waals surface area contributed by atoms with Crippen molar-refractivity contribution in [1.29, 1.82) is 0 Å². The minimum Gasteiger partial charge on any atom is -0.462 e. The van der Waals surface area contributed by atoms with E-state index < -0.39 is 5.97 Å². The molecular formula is C28H27N5O3. The van der Waals surface area contributed by atoms with Crippen LogP contribution in [0, 0.1) is 0 Å². The lowest BCUT2D eigenvalue weighted by Crippen LogP contribution is -2.15. The summed E-state index contributed by atoms with van der Waals surface area (Å²) in [4.78, 5) is 27.2. The highest BCUT2D eigenvalue weighted by Gasteiger charge is 2.20. The van der Waals surface area contributed by atoms with Crippen LogP contribution in [0.3, 0.4) is 0 Å². The first-order valence-electron chi connectivity index (χ1n) is 11.8. The van der Waals surface area contributed by atoms with Crippen LogP contribution in [0.15, 0.2) is 79.0 Å². The molecule has 3 aromatic carbocycles. The number of nitrogens with zero attached hydrogens (tertiary/aromatic N) is 3. The molecule has 1 aliphatic rings. The molecule has 0 saturated carbocycles. The van der Waals surface area contributed by atoms with E-state index in [1.165, 1.54) is 27.6 Å². The average Bonchev–Trinajstić information content (AvgIpc) is 3.47. The van der Waals surface area contributed by atoms with Crippen LogP contribution in [-0.2, 0) is 24.4 Å². The van der Waals surface area contributed by atoms with E-state index in [4.69, 9.17) is 10.5 Å². The van der Waals surface area contributed by atoms with Crippen molar-refractivity contribution in [2.45, 2.75) is 26.6 Å². The van der Waals surface area contributed by atoms with Gasteiger partial charge in [-0.25, -0.2) is 9.48 Å². The summed E-state index contributed by atoms with van der Waals surface area (Å²) in [7, 11) is 0. The molecule has 8 heteroatoms. The van der Waals surface area contributed by atoms with E-state index >= 15 is 0 Å². The Hall–Kier alpha value is -4.43. The number of anilines is 2. The number of benzene rings is 3. The van der Waals surface area contributed by atoms with Crippen LogP contribution in [0.5, 0.6) is 0 Å². The second-order valence-electron chi connectivity index (χ2n) is 8.69. The zero-order valence-corrected chi connectivity index (χ0v) is 20.0. The Balaban J connectivity index is 1.24. The number of rotatable bonds is 7. The van der Waals surface area contributed by atoms with Gasteiger partial charge in [-0.1, -0.05) is 36.4 Å². The molecule has 0 atom stereocenters. The van der Waals surface area contributed by atoms with Crippen LogP contribution in [-0.4, -0.2) is 33.2 Å². The first kappa shape index (κ1) is 23.3. The monoisotopic (exact) mass is 481 g/mol. The molecule has 4 aromatic rings. The Morgan fingerprint density at radius 1 is 1.00 bits per heavy atom. The van der Waals surface area contributed by atoms with Gasteiger partial charge in [0.05, 0.1) is 18.5 Å². The van der Waals surface area contributed by atoms with Crippen molar-refractivity contribution >= 4 is 23.4 Å². The molecule has 8 nitrogen and oxygen atoms in total. The van der Waals surface area contributed by atoms with Crippen molar-refractivity contribution in [2.75, 3.05) is 17.7 Å². The summed E-state index contributed by atoms with van der Waals surface area (Å²) < 4.78 is 6.44. The Bertz CT molecular complexity index is 1400. The Kier molecular flexibility index (Phi) is 6.51. The van der Waals surface area contributed by atoms with E-state index in [9.17, 15) is 9.59 Å². The van der Waals surface area contributed by atoms with Gasteiger partial charge in [0.2, 0.25) is 0 Å². The first-order valence-corrected chi connectivity index (χ1v) is 11.8. The maximum atomic E-state index is 12.9. The van der Waals surface area contributed by atoms with Crippen molar-refractivity contribution in [3.05, 3.63) is 107 Å². The Labute approximate surface area is 209 Å². The summed E-state index contributed by atoms with van der Waals surface area (Å²) in [6.45, 7) is 4.62. The molecule has 0 bridgehead atoms. The number of hydrogen-bond donors (Lipinski definition) is 2. The normalized spacial score (nSPS) is 12.8. The molecule has 2 heterocycles. The fourth-order valence-corrected chi connectivity index (χ4v) is 4.38. The summed E-state index contributed by atoms with van der Waals surface area (Å²) >= 11 is 0. The number of fused-ring (bicyclic) bond motifs is 1. The van der Waals surface area contributed by atoms with Gasteiger partial charge in [0, 0.05) is 30.9 Å². The summed E-state index contributed by atoms with van der Waals surface area (Å²) in [6, 6.07) is 23.4. The number of nitrogens with two attached hydrogens (primary N) is 1. The van der Waals surface area contributed by atoms with Gasteiger partial charge in [-0.15, -0.1) is 0 Å². The number of carbonyl (C=O) groups excluding carboxylic acids is 2. The van der Waals surface area contributed by atoms with Crippen LogP contribution in [0.1, 0.15) is 44.3 Å². The van der Waals surface area contributed by atoms with Gasteiger partial charge < -0.3 is 15.8 Å². The fourth-order valence-electron chi connectivity index (χ4n) is 4.38. The molecule has 0 aliphatic carbocycles. The highest BCUT2D eigenvalue weighted by Crippen LogP contribution is 2.27. The highest BCUT2D eigenvalue weighted by molar-refractivity contribution is 6.04. The van der Waals surface area contributed by atoms with E-state index in [1.807, 2.05) is 18.2 Å². The van der Waals surface area contributed by atoms with Crippen molar-refractivity contribution < 1.29 is 14.3 Å². The maximum Gasteiger partial charge on any atom is 0.343 e.